The van der Waals surface area contributed by atoms with Crippen LogP contribution in [0.3, 0.4) is 0 Å². The van der Waals surface area contributed by atoms with Gasteiger partial charge in [0, 0.05) is 18.3 Å². The topological polar surface area (TPSA) is 26.3 Å². The molecule has 8 atom stereocenters. The second-order valence-electron chi connectivity index (χ2n) is 11.2. The third-order valence-electron chi connectivity index (χ3n) is 9.46. The molecule has 2 nitrogen and oxygen atoms in total. The van der Waals surface area contributed by atoms with E-state index in [0.717, 1.165) is 30.1 Å². The van der Waals surface area contributed by atoms with Crippen LogP contribution in [0.5, 0.6) is 0 Å². The molecular weight excluding hydrogens is 368 g/mol. The lowest BCUT2D eigenvalue weighted by atomic mass is 9.49. The van der Waals surface area contributed by atoms with Gasteiger partial charge in [0.05, 0.1) is 0 Å². The molecule has 164 valence electrons. The Labute approximate surface area is 183 Å². The summed E-state index contributed by atoms with van der Waals surface area (Å²) in [4.78, 5) is 11.7. The number of carbonyl (C=O) groups is 1. The molecule has 3 fully saturated rings. The smallest absolute Gasteiger partial charge is 0.384 e. The zero-order valence-electron chi connectivity index (χ0n) is 19.2. The molecule has 2 heteroatoms. The Kier molecular flexibility index (Phi) is 6.20. The molecule has 4 aliphatic rings. The van der Waals surface area contributed by atoms with Crippen molar-refractivity contribution in [3.63, 3.8) is 0 Å². The van der Waals surface area contributed by atoms with Crippen molar-refractivity contribution in [2.75, 3.05) is 0 Å². The fourth-order valence-corrected chi connectivity index (χ4v) is 8.01. The Hall–Kier alpha value is -1.49. The average molecular weight is 409 g/mol. The second kappa shape index (κ2) is 8.57. The molecule has 2 unspecified atom stereocenters. The van der Waals surface area contributed by atoms with Crippen LogP contribution >= 0.6 is 0 Å². The minimum Gasteiger partial charge on any atom is -0.452 e. The number of hydrogen-bond acceptors (Lipinski definition) is 2. The predicted molar refractivity (Wildman–Crippen MR) is 122 cm³/mol. The van der Waals surface area contributed by atoms with Crippen molar-refractivity contribution in [3.8, 4) is 12.3 Å². The lowest BCUT2D eigenvalue weighted by Crippen LogP contribution is -2.52. The van der Waals surface area contributed by atoms with Crippen molar-refractivity contribution in [1.82, 2.24) is 0 Å². The highest BCUT2D eigenvalue weighted by molar-refractivity contribution is 5.87. The van der Waals surface area contributed by atoms with E-state index in [1.807, 2.05) is 0 Å². The highest BCUT2D eigenvalue weighted by Crippen LogP contribution is 2.66. The van der Waals surface area contributed by atoms with E-state index in [2.05, 4.69) is 45.4 Å². The molecule has 0 bridgehead atoms. The van der Waals surface area contributed by atoms with Gasteiger partial charge >= 0.3 is 5.97 Å². The van der Waals surface area contributed by atoms with Gasteiger partial charge in [-0.15, -0.1) is 13.0 Å². The number of esters is 1. The van der Waals surface area contributed by atoms with Crippen molar-refractivity contribution < 1.29 is 9.53 Å². The Balaban J connectivity index is 1.46. The molecule has 0 radical (unpaired) electrons. The van der Waals surface area contributed by atoms with Crippen LogP contribution in [0.25, 0.3) is 0 Å². The second-order valence-corrected chi connectivity index (χ2v) is 11.2. The standard InChI is InChI=1S/C28H40O2/c1-6-19(10-8-9-18(3)4)23-13-14-24-21-12-11-20-17-25(30-26(29)7-2)27(20)22(21)15-16-28(23,24)5/h2,6,11,18-19,21-25,27H,1,8-10,12-17H2,3-5H3/t19-,21-,22-,23-,24?,25?,27+,28-/m1/s1. The fourth-order valence-electron chi connectivity index (χ4n) is 8.01. The number of allylic oxidation sites excluding steroid dienone is 2. The van der Waals surface area contributed by atoms with Crippen LogP contribution in [0.2, 0.25) is 0 Å². The maximum Gasteiger partial charge on any atom is 0.384 e. The Bertz CT molecular complexity index is 740. The summed E-state index contributed by atoms with van der Waals surface area (Å²) in [5, 5.41) is 0. The first-order valence-corrected chi connectivity index (χ1v) is 12.4. The van der Waals surface area contributed by atoms with Crippen LogP contribution in [0.1, 0.15) is 78.6 Å². The van der Waals surface area contributed by atoms with E-state index in [-0.39, 0.29) is 6.10 Å². The SMILES string of the molecule is C#CC(=O)OC1CC2=CC[C@H]3C4CC[C@H]([C@H](C=C)CCCC(C)C)[C@@]4(C)CC[C@H]3[C@H]21. The molecule has 0 aromatic heterocycles. The Morgan fingerprint density at radius 3 is 2.83 bits per heavy atom. The molecule has 0 N–H and O–H groups in total. The first-order valence-electron chi connectivity index (χ1n) is 12.4. The van der Waals surface area contributed by atoms with E-state index in [4.69, 9.17) is 11.2 Å². The molecule has 0 heterocycles. The number of hydrogen-bond donors (Lipinski definition) is 0. The molecule has 0 aromatic rings. The van der Waals surface area contributed by atoms with Gasteiger partial charge in [-0.2, -0.15) is 0 Å². The third kappa shape index (κ3) is 3.68. The first-order chi connectivity index (χ1) is 14.4. The summed E-state index contributed by atoms with van der Waals surface area (Å²) in [6, 6.07) is 0. The zero-order valence-corrected chi connectivity index (χ0v) is 19.2. The van der Waals surface area contributed by atoms with Crippen LogP contribution < -0.4 is 0 Å². The van der Waals surface area contributed by atoms with E-state index in [1.54, 1.807) is 0 Å². The molecule has 4 rings (SSSR count). The molecule has 0 saturated heterocycles. The summed E-state index contributed by atoms with van der Waals surface area (Å²) in [7, 11) is 0. The molecule has 0 amide bonds. The number of carbonyl (C=O) groups excluding carboxylic acids is 1. The van der Waals surface area contributed by atoms with Gasteiger partial charge in [0.1, 0.15) is 6.10 Å². The molecule has 0 aliphatic heterocycles. The van der Waals surface area contributed by atoms with Crippen molar-refractivity contribution >= 4 is 5.97 Å². The molecular formula is C28H40O2. The lowest BCUT2D eigenvalue weighted by molar-refractivity contribution is -0.152. The minimum atomic E-state index is -0.488. The van der Waals surface area contributed by atoms with Crippen LogP contribution in [-0.2, 0) is 9.53 Å². The van der Waals surface area contributed by atoms with Crippen LogP contribution in [0, 0.1) is 59.2 Å². The number of ether oxygens (including phenoxy) is 1. The van der Waals surface area contributed by atoms with Crippen molar-refractivity contribution in [2.45, 2.75) is 84.7 Å². The van der Waals surface area contributed by atoms with Crippen molar-refractivity contribution in [2.24, 2.45) is 46.8 Å². The number of rotatable bonds is 7. The van der Waals surface area contributed by atoms with Gasteiger partial charge in [0.15, 0.2) is 0 Å². The van der Waals surface area contributed by atoms with Crippen molar-refractivity contribution in [1.29, 1.82) is 0 Å². The van der Waals surface area contributed by atoms with E-state index in [9.17, 15) is 4.79 Å². The average Bonchev–Trinajstić information content (AvgIpc) is 3.05. The van der Waals surface area contributed by atoms with Gasteiger partial charge in [-0.25, -0.2) is 4.79 Å². The van der Waals surface area contributed by atoms with Crippen LogP contribution in [0.4, 0.5) is 0 Å². The normalized spacial score (nSPS) is 40.2. The summed E-state index contributed by atoms with van der Waals surface area (Å²) in [6.45, 7) is 11.5. The van der Waals surface area contributed by atoms with Gasteiger partial charge in [-0.1, -0.05) is 51.3 Å². The summed E-state index contributed by atoms with van der Waals surface area (Å²) < 4.78 is 5.60. The quantitative estimate of drug-likeness (QED) is 0.206. The number of terminal acetylenes is 1. The van der Waals surface area contributed by atoms with Crippen LogP contribution in [0.15, 0.2) is 24.3 Å². The summed E-state index contributed by atoms with van der Waals surface area (Å²) in [5.41, 5.74) is 1.97. The van der Waals surface area contributed by atoms with Gasteiger partial charge in [-0.05, 0) is 79.4 Å². The maximum absolute atomic E-state index is 11.7. The first kappa shape index (κ1) is 21.7. The van der Waals surface area contributed by atoms with E-state index in [0.29, 0.717) is 23.2 Å². The lowest BCUT2D eigenvalue weighted by Gasteiger charge is -2.57. The van der Waals surface area contributed by atoms with Gasteiger partial charge < -0.3 is 4.74 Å². The Morgan fingerprint density at radius 1 is 1.33 bits per heavy atom. The fraction of sp³-hybridized carbons (Fsp3) is 0.750. The third-order valence-corrected chi connectivity index (χ3v) is 9.46. The molecule has 30 heavy (non-hydrogen) atoms. The monoisotopic (exact) mass is 408 g/mol. The minimum absolute atomic E-state index is 0.0195. The highest BCUT2D eigenvalue weighted by atomic mass is 16.5. The molecule has 0 aromatic carbocycles. The predicted octanol–water partition coefficient (Wildman–Crippen LogP) is 6.57. The maximum atomic E-state index is 11.7. The van der Waals surface area contributed by atoms with Crippen molar-refractivity contribution in [3.05, 3.63) is 24.3 Å². The van der Waals surface area contributed by atoms with E-state index in [1.165, 1.54) is 56.9 Å². The summed E-state index contributed by atoms with van der Waals surface area (Å²) in [5.74, 6) is 6.55. The molecule has 0 spiro atoms. The molecule has 4 aliphatic carbocycles. The summed E-state index contributed by atoms with van der Waals surface area (Å²) in [6.07, 6.45) is 21.4. The number of fused-ring (bicyclic) bond motifs is 5. The summed E-state index contributed by atoms with van der Waals surface area (Å²) >= 11 is 0. The van der Waals surface area contributed by atoms with E-state index >= 15 is 0 Å². The highest BCUT2D eigenvalue weighted by Gasteiger charge is 2.59. The van der Waals surface area contributed by atoms with Gasteiger partial charge in [0.25, 0.3) is 0 Å². The largest absolute Gasteiger partial charge is 0.452 e. The van der Waals surface area contributed by atoms with Gasteiger partial charge in [-0.3, -0.25) is 0 Å². The Morgan fingerprint density at radius 2 is 2.13 bits per heavy atom. The molecule has 3 saturated carbocycles. The van der Waals surface area contributed by atoms with Gasteiger partial charge in [0.2, 0.25) is 0 Å². The van der Waals surface area contributed by atoms with E-state index < -0.39 is 5.97 Å². The zero-order chi connectivity index (χ0) is 21.5. The van der Waals surface area contributed by atoms with Crippen LogP contribution in [-0.4, -0.2) is 12.1 Å².